The highest BCUT2D eigenvalue weighted by molar-refractivity contribution is 6.39. The van der Waals surface area contributed by atoms with Crippen LogP contribution in [-0.2, 0) is 14.4 Å². The van der Waals surface area contributed by atoms with Crippen molar-refractivity contribution in [3.8, 4) is 5.75 Å². The Labute approximate surface area is 161 Å². The number of carbonyl (C=O) groups is 3. The van der Waals surface area contributed by atoms with Crippen LogP contribution in [0.1, 0.15) is 5.56 Å². The topological polar surface area (TPSA) is 96.5 Å². The number of aryl methyl sites for hydroxylation is 1. The number of carbonyl (C=O) groups excluding carboxylic acids is 3. The van der Waals surface area contributed by atoms with Crippen molar-refractivity contribution in [2.75, 3.05) is 11.9 Å². The van der Waals surface area contributed by atoms with Gasteiger partial charge in [0.25, 0.3) is 5.91 Å². The molecule has 0 saturated carbocycles. The van der Waals surface area contributed by atoms with Crippen LogP contribution in [0.3, 0.4) is 0 Å². The minimum Gasteiger partial charge on any atom is -0.484 e. The van der Waals surface area contributed by atoms with Crippen LogP contribution in [0.2, 0.25) is 0 Å². The van der Waals surface area contributed by atoms with E-state index in [1.54, 1.807) is 30.3 Å². The number of hydrazine groups is 1. The van der Waals surface area contributed by atoms with Crippen molar-refractivity contribution in [2.24, 2.45) is 0 Å². The molecule has 0 unspecified atom stereocenters. The zero-order valence-corrected chi connectivity index (χ0v) is 15.2. The molecule has 0 aliphatic carbocycles. The first-order valence-electron chi connectivity index (χ1n) is 8.60. The molecule has 0 bridgehead atoms. The van der Waals surface area contributed by atoms with Crippen LogP contribution >= 0.6 is 0 Å². The SMILES string of the molecule is Cc1ccc(NC(=O)C(=O)NNC(=O)COc2ccc3ccccc3c2)cc1. The van der Waals surface area contributed by atoms with E-state index in [-0.39, 0.29) is 6.61 Å². The Hall–Kier alpha value is -3.87. The lowest BCUT2D eigenvalue weighted by atomic mass is 10.1. The molecule has 142 valence electrons. The lowest BCUT2D eigenvalue weighted by Crippen LogP contribution is -2.48. The Morgan fingerprint density at radius 3 is 2.29 bits per heavy atom. The van der Waals surface area contributed by atoms with Gasteiger partial charge in [0, 0.05) is 5.69 Å². The zero-order valence-electron chi connectivity index (χ0n) is 15.2. The van der Waals surface area contributed by atoms with E-state index in [1.807, 2.05) is 48.7 Å². The lowest BCUT2D eigenvalue weighted by Gasteiger charge is -2.10. The number of ether oxygens (including phenoxy) is 1. The lowest BCUT2D eigenvalue weighted by molar-refractivity contribution is -0.138. The van der Waals surface area contributed by atoms with Crippen LogP contribution in [-0.4, -0.2) is 24.3 Å². The molecule has 3 N–H and O–H groups in total. The number of rotatable bonds is 4. The maximum atomic E-state index is 11.8. The van der Waals surface area contributed by atoms with Crippen LogP contribution in [0.4, 0.5) is 5.69 Å². The molecule has 0 aliphatic heterocycles. The normalized spacial score (nSPS) is 10.2. The first-order chi connectivity index (χ1) is 13.5. The zero-order chi connectivity index (χ0) is 19.9. The molecule has 3 amide bonds. The molecule has 0 aromatic heterocycles. The molecule has 3 aromatic rings. The second-order valence-electron chi connectivity index (χ2n) is 6.12. The van der Waals surface area contributed by atoms with E-state index in [2.05, 4.69) is 10.7 Å². The highest BCUT2D eigenvalue weighted by Gasteiger charge is 2.14. The molecular formula is C21H19N3O4. The number of fused-ring (bicyclic) bond motifs is 1. The standard InChI is InChI=1S/C21H19N3O4/c1-14-6-9-17(10-7-14)22-20(26)21(27)24-23-19(25)13-28-18-11-8-15-4-2-3-5-16(15)12-18/h2-12H,13H2,1H3,(H,22,26)(H,23,25)(H,24,27). The van der Waals surface area contributed by atoms with E-state index in [9.17, 15) is 14.4 Å². The minimum absolute atomic E-state index is 0.307. The Morgan fingerprint density at radius 1 is 0.821 bits per heavy atom. The summed E-state index contributed by atoms with van der Waals surface area (Å²) >= 11 is 0. The van der Waals surface area contributed by atoms with Crippen molar-refractivity contribution < 1.29 is 19.1 Å². The van der Waals surface area contributed by atoms with Gasteiger partial charge in [0.2, 0.25) is 0 Å². The highest BCUT2D eigenvalue weighted by atomic mass is 16.5. The number of anilines is 1. The van der Waals surface area contributed by atoms with Gasteiger partial charge in [-0.1, -0.05) is 48.0 Å². The van der Waals surface area contributed by atoms with E-state index in [1.165, 1.54) is 0 Å². The molecule has 0 heterocycles. The van der Waals surface area contributed by atoms with Gasteiger partial charge in [-0.3, -0.25) is 25.2 Å². The largest absolute Gasteiger partial charge is 0.484 e. The molecule has 7 heteroatoms. The fourth-order valence-corrected chi connectivity index (χ4v) is 2.45. The summed E-state index contributed by atoms with van der Waals surface area (Å²) in [6, 6.07) is 20.2. The minimum atomic E-state index is -0.986. The summed E-state index contributed by atoms with van der Waals surface area (Å²) < 4.78 is 5.41. The number of hydrogen-bond donors (Lipinski definition) is 3. The highest BCUT2D eigenvalue weighted by Crippen LogP contribution is 2.20. The molecule has 0 fully saturated rings. The third kappa shape index (κ3) is 5.07. The molecule has 28 heavy (non-hydrogen) atoms. The molecule has 3 rings (SSSR count). The van der Waals surface area contributed by atoms with Crippen molar-refractivity contribution in [1.29, 1.82) is 0 Å². The van der Waals surface area contributed by atoms with Crippen LogP contribution < -0.4 is 20.9 Å². The first-order valence-corrected chi connectivity index (χ1v) is 8.60. The molecular weight excluding hydrogens is 358 g/mol. The summed E-state index contributed by atoms with van der Waals surface area (Å²) in [5, 5.41) is 4.48. The van der Waals surface area contributed by atoms with Crippen molar-refractivity contribution in [2.45, 2.75) is 6.92 Å². The summed E-state index contributed by atoms with van der Waals surface area (Å²) in [7, 11) is 0. The summed E-state index contributed by atoms with van der Waals surface area (Å²) in [5.41, 5.74) is 5.70. The van der Waals surface area contributed by atoms with Crippen LogP contribution in [0.25, 0.3) is 10.8 Å². The Morgan fingerprint density at radius 2 is 1.54 bits per heavy atom. The maximum Gasteiger partial charge on any atom is 0.328 e. The average molecular weight is 377 g/mol. The molecule has 0 radical (unpaired) electrons. The predicted molar refractivity (Wildman–Crippen MR) is 106 cm³/mol. The smallest absolute Gasteiger partial charge is 0.328 e. The fourth-order valence-electron chi connectivity index (χ4n) is 2.45. The molecule has 3 aromatic carbocycles. The maximum absolute atomic E-state index is 11.8. The van der Waals surface area contributed by atoms with Gasteiger partial charge in [0.15, 0.2) is 6.61 Å². The summed E-state index contributed by atoms with van der Waals surface area (Å²) in [6.45, 7) is 1.60. The van der Waals surface area contributed by atoms with Crippen molar-refractivity contribution in [1.82, 2.24) is 10.9 Å². The first kappa shape index (κ1) is 18.9. The average Bonchev–Trinajstić information content (AvgIpc) is 2.71. The van der Waals surface area contributed by atoms with Crippen LogP contribution in [0.5, 0.6) is 5.75 Å². The number of benzene rings is 3. The number of amides is 3. The Bertz CT molecular complexity index is 1020. The summed E-state index contributed by atoms with van der Waals surface area (Å²) in [6.07, 6.45) is 0. The van der Waals surface area contributed by atoms with Gasteiger partial charge in [-0.15, -0.1) is 0 Å². The van der Waals surface area contributed by atoms with Crippen molar-refractivity contribution >= 4 is 34.2 Å². The molecule has 7 nitrogen and oxygen atoms in total. The van der Waals surface area contributed by atoms with E-state index in [0.717, 1.165) is 16.3 Å². The van der Waals surface area contributed by atoms with E-state index < -0.39 is 17.7 Å². The van der Waals surface area contributed by atoms with E-state index in [0.29, 0.717) is 11.4 Å². The summed E-state index contributed by atoms with van der Waals surface area (Å²) in [5.74, 6) is -1.94. The third-order valence-corrected chi connectivity index (χ3v) is 3.92. The number of nitrogens with one attached hydrogen (secondary N) is 3. The molecule has 0 spiro atoms. The van der Waals surface area contributed by atoms with Gasteiger partial charge in [-0.25, -0.2) is 0 Å². The van der Waals surface area contributed by atoms with Crippen LogP contribution in [0.15, 0.2) is 66.7 Å². The van der Waals surface area contributed by atoms with Gasteiger partial charge in [0.1, 0.15) is 5.75 Å². The molecule has 0 aliphatic rings. The van der Waals surface area contributed by atoms with Crippen LogP contribution in [0, 0.1) is 6.92 Å². The van der Waals surface area contributed by atoms with E-state index >= 15 is 0 Å². The second kappa shape index (κ2) is 8.68. The van der Waals surface area contributed by atoms with Gasteiger partial charge in [0.05, 0.1) is 0 Å². The second-order valence-corrected chi connectivity index (χ2v) is 6.12. The Balaban J connectivity index is 1.44. The Kier molecular flexibility index (Phi) is 5.86. The van der Waals surface area contributed by atoms with Gasteiger partial charge in [-0.05, 0) is 42.0 Å². The number of hydrogen-bond acceptors (Lipinski definition) is 4. The molecule has 0 saturated heterocycles. The van der Waals surface area contributed by atoms with Gasteiger partial charge < -0.3 is 10.1 Å². The van der Waals surface area contributed by atoms with Crippen molar-refractivity contribution in [3.63, 3.8) is 0 Å². The van der Waals surface area contributed by atoms with Crippen molar-refractivity contribution in [3.05, 3.63) is 72.3 Å². The van der Waals surface area contributed by atoms with Gasteiger partial charge >= 0.3 is 11.8 Å². The third-order valence-electron chi connectivity index (χ3n) is 3.92. The molecule has 0 atom stereocenters. The van der Waals surface area contributed by atoms with E-state index in [4.69, 9.17) is 4.74 Å². The monoisotopic (exact) mass is 377 g/mol. The predicted octanol–water partition coefficient (Wildman–Crippen LogP) is 2.31. The fraction of sp³-hybridized carbons (Fsp3) is 0.0952. The van der Waals surface area contributed by atoms with Gasteiger partial charge in [-0.2, -0.15) is 0 Å². The summed E-state index contributed by atoms with van der Waals surface area (Å²) in [4.78, 5) is 35.4. The quantitative estimate of drug-likeness (QED) is 0.480.